The lowest BCUT2D eigenvalue weighted by atomic mass is 9.85. The summed E-state index contributed by atoms with van der Waals surface area (Å²) in [6.07, 6.45) is 4.89. The Balaban J connectivity index is 1.74. The number of carbonyl (C=O) groups excluding carboxylic acids is 1. The number of amides is 2. The van der Waals surface area contributed by atoms with Crippen LogP contribution in [0.5, 0.6) is 0 Å². The van der Waals surface area contributed by atoms with Crippen LogP contribution in [0, 0.1) is 5.41 Å². The molecule has 0 bridgehead atoms. The molecule has 80 valence electrons. The molecule has 0 spiro atoms. The Morgan fingerprint density at radius 1 is 1.29 bits per heavy atom. The maximum Gasteiger partial charge on any atom is 0.317 e. The minimum atomic E-state index is 0.149. The highest BCUT2D eigenvalue weighted by Crippen LogP contribution is 2.28. The zero-order valence-electron chi connectivity index (χ0n) is 9.18. The van der Waals surface area contributed by atoms with Gasteiger partial charge in [-0.15, -0.1) is 0 Å². The van der Waals surface area contributed by atoms with Crippen molar-refractivity contribution in [3.05, 3.63) is 0 Å². The van der Waals surface area contributed by atoms with Crippen molar-refractivity contribution in [2.75, 3.05) is 13.1 Å². The van der Waals surface area contributed by atoms with Crippen LogP contribution in [-0.4, -0.2) is 30.1 Å². The molecule has 3 heteroatoms. The minimum Gasteiger partial charge on any atom is -0.335 e. The van der Waals surface area contributed by atoms with Crippen molar-refractivity contribution in [1.82, 2.24) is 10.2 Å². The highest BCUT2D eigenvalue weighted by molar-refractivity contribution is 5.75. The Morgan fingerprint density at radius 2 is 1.86 bits per heavy atom. The Hall–Kier alpha value is -0.730. The maximum absolute atomic E-state index is 11.7. The van der Waals surface area contributed by atoms with E-state index in [1.165, 1.54) is 25.7 Å². The fourth-order valence-corrected chi connectivity index (χ4v) is 2.47. The van der Waals surface area contributed by atoms with Gasteiger partial charge in [0.1, 0.15) is 0 Å². The first-order valence-corrected chi connectivity index (χ1v) is 5.62. The number of nitrogens with zero attached hydrogens (tertiary/aromatic N) is 1. The van der Waals surface area contributed by atoms with Gasteiger partial charge in [-0.2, -0.15) is 0 Å². The summed E-state index contributed by atoms with van der Waals surface area (Å²) in [5.41, 5.74) is 0.340. The van der Waals surface area contributed by atoms with Crippen LogP contribution in [0.15, 0.2) is 0 Å². The van der Waals surface area contributed by atoms with Crippen molar-refractivity contribution in [3.8, 4) is 0 Å². The summed E-state index contributed by atoms with van der Waals surface area (Å²) in [6, 6.07) is 0.599. The number of urea groups is 1. The molecule has 3 nitrogen and oxygen atoms in total. The molecular weight excluding hydrogens is 176 g/mol. The molecule has 0 aromatic heterocycles. The van der Waals surface area contributed by atoms with Crippen LogP contribution in [-0.2, 0) is 0 Å². The second-order valence-corrected chi connectivity index (χ2v) is 5.45. The van der Waals surface area contributed by atoms with Gasteiger partial charge in [0.25, 0.3) is 0 Å². The quantitative estimate of drug-likeness (QED) is 0.683. The van der Waals surface area contributed by atoms with E-state index in [1.807, 2.05) is 4.90 Å². The first kappa shape index (κ1) is 9.81. The van der Waals surface area contributed by atoms with Gasteiger partial charge in [0, 0.05) is 24.5 Å². The highest BCUT2D eigenvalue weighted by Gasteiger charge is 2.37. The molecule has 2 aliphatic rings. The van der Waals surface area contributed by atoms with Gasteiger partial charge >= 0.3 is 6.03 Å². The van der Waals surface area contributed by atoms with Crippen molar-refractivity contribution in [3.63, 3.8) is 0 Å². The number of hydrogen-bond donors (Lipinski definition) is 1. The van der Waals surface area contributed by atoms with Crippen molar-refractivity contribution >= 4 is 6.03 Å². The van der Waals surface area contributed by atoms with Crippen LogP contribution in [0.4, 0.5) is 4.79 Å². The van der Waals surface area contributed by atoms with Gasteiger partial charge in [-0.1, -0.05) is 26.7 Å². The second kappa shape index (κ2) is 3.44. The summed E-state index contributed by atoms with van der Waals surface area (Å²) < 4.78 is 0. The third-order valence-corrected chi connectivity index (χ3v) is 3.21. The van der Waals surface area contributed by atoms with Crippen LogP contribution in [0.3, 0.4) is 0 Å². The van der Waals surface area contributed by atoms with E-state index >= 15 is 0 Å². The van der Waals surface area contributed by atoms with E-state index in [0.717, 1.165) is 13.1 Å². The average molecular weight is 196 g/mol. The Morgan fingerprint density at radius 3 is 2.36 bits per heavy atom. The van der Waals surface area contributed by atoms with E-state index in [9.17, 15) is 4.79 Å². The van der Waals surface area contributed by atoms with Crippen LogP contribution >= 0.6 is 0 Å². The molecule has 1 saturated heterocycles. The molecule has 1 saturated carbocycles. The zero-order valence-corrected chi connectivity index (χ0v) is 9.18. The molecule has 0 unspecified atom stereocenters. The van der Waals surface area contributed by atoms with Crippen molar-refractivity contribution in [1.29, 1.82) is 0 Å². The molecule has 1 N–H and O–H groups in total. The van der Waals surface area contributed by atoms with Gasteiger partial charge in [-0.25, -0.2) is 4.79 Å². The van der Waals surface area contributed by atoms with Crippen LogP contribution in [0.2, 0.25) is 0 Å². The molecule has 2 fully saturated rings. The smallest absolute Gasteiger partial charge is 0.317 e. The van der Waals surface area contributed by atoms with Gasteiger partial charge < -0.3 is 10.2 Å². The van der Waals surface area contributed by atoms with Gasteiger partial charge in [-0.3, -0.25) is 0 Å². The maximum atomic E-state index is 11.7. The predicted molar refractivity (Wildman–Crippen MR) is 56.1 cm³/mol. The van der Waals surface area contributed by atoms with E-state index < -0.39 is 0 Å². The summed E-state index contributed by atoms with van der Waals surface area (Å²) in [5, 5.41) is 3.11. The van der Waals surface area contributed by atoms with E-state index in [1.54, 1.807) is 0 Å². The monoisotopic (exact) mass is 196 g/mol. The average Bonchev–Trinajstić information content (AvgIpc) is 2.52. The lowest BCUT2D eigenvalue weighted by Gasteiger charge is -2.45. The molecule has 0 atom stereocenters. The molecule has 0 aromatic rings. The summed E-state index contributed by atoms with van der Waals surface area (Å²) in [4.78, 5) is 13.6. The molecule has 2 amide bonds. The van der Waals surface area contributed by atoms with Gasteiger partial charge in [0.2, 0.25) is 0 Å². The lowest BCUT2D eigenvalue weighted by Crippen LogP contribution is -2.59. The van der Waals surface area contributed by atoms with E-state index in [-0.39, 0.29) is 6.03 Å². The fourth-order valence-electron chi connectivity index (χ4n) is 2.47. The summed E-state index contributed by atoms with van der Waals surface area (Å²) in [6.45, 7) is 6.22. The van der Waals surface area contributed by atoms with E-state index in [2.05, 4.69) is 19.2 Å². The first-order chi connectivity index (χ1) is 6.57. The predicted octanol–water partition coefficient (Wildman–Crippen LogP) is 1.98. The van der Waals surface area contributed by atoms with E-state index in [4.69, 9.17) is 0 Å². The van der Waals surface area contributed by atoms with Crippen LogP contribution in [0.25, 0.3) is 0 Å². The van der Waals surface area contributed by atoms with Crippen molar-refractivity contribution in [2.24, 2.45) is 5.41 Å². The van der Waals surface area contributed by atoms with Crippen molar-refractivity contribution in [2.45, 2.75) is 45.6 Å². The lowest BCUT2D eigenvalue weighted by molar-refractivity contribution is 0.0603. The number of rotatable bonds is 1. The highest BCUT2D eigenvalue weighted by atomic mass is 16.2. The standard InChI is InChI=1S/C11H20N2O/c1-11(2)7-13(8-11)10(14)12-9-5-3-4-6-9/h9H,3-8H2,1-2H3,(H,12,14). The Bertz CT molecular complexity index is 223. The van der Waals surface area contributed by atoms with Crippen molar-refractivity contribution < 1.29 is 4.79 Å². The molecular formula is C11H20N2O. The molecule has 2 rings (SSSR count). The van der Waals surface area contributed by atoms with Crippen LogP contribution < -0.4 is 5.32 Å². The molecule has 0 radical (unpaired) electrons. The number of likely N-dealkylation sites (tertiary alicyclic amines) is 1. The molecule has 1 heterocycles. The summed E-state index contributed by atoms with van der Waals surface area (Å²) >= 11 is 0. The third kappa shape index (κ3) is 2.02. The summed E-state index contributed by atoms with van der Waals surface area (Å²) in [7, 11) is 0. The SMILES string of the molecule is CC1(C)CN(C(=O)NC2CCCC2)C1. The Kier molecular flexibility index (Phi) is 2.41. The largest absolute Gasteiger partial charge is 0.335 e. The van der Waals surface area contributed by atoms with E-state index in [0.29, 0.717) is 11.5 Å². The topological polar surface area (TPSA) is 32.3 Å². The summed E-state index contributed by atoms with van der Waals surface area (Å²) in [5.74, 6) is 0. The minimum absolute atomic E-state index is 0.149. The number of carbonyl (C=O) groups is 1. The number of hydrogen-bond acceptors (Lipinski definition) is 1. The second-order valence-electron chi connectivity index (χ2n) is 5.45. The van der Waals surface area contributed by atoms with Gasteiger partial charge in [0.05, 0.1) is 0 Å². The fraction of sp³-hybridized carbons (Fsp3) is 0.909. The molecule has 1 aliphatic heterocycles. The molecule has 0 aromatic carbocycles. The first-order valence-electron chi connectivity index (χ1n) is 5.62. The van der Waals surface area contributed by atoms with Gasteiger partial charge in [-0.05, 0) is 12.8 Å². The molecule has 1 aliphatic carbocycles. The zero-order chi connectivity index (χ0) is 10.2. The third-order valence-electron chi connectivity index (χ3n) is 3.21. The molecule has 14 heavy (non-hydrogen) atoms. The number of nitrogens with one attached hydrogen (secondary N) is 1. The van der Waals surface area contributed by atoms with Crippen LogP contribution in [0.1, 0.15) is 39.5 Å². The normalized spacial score (nSPS) is 26.0. The Labute approximate surface area is 85.8 Å². The van der Waals surface area contributed by atoms with Gasteiger partial charge in [0.15, 0.2) is 0 Å².